The van der Waals surface area contributed by atoms with E-state index in [0.717, 1.165) is 18.2 Å². The van der Waals surface area contributed by atoms with Crippen LogP contribution in [0.15, 0.2) is 49.0 Å². The summed E-state index contributed by atoms with van der Waals surface area (Å²) in [5.41, 5.74) is 0.166. The van der Waals surface area contributed by atoms with Crippen molar-refractivity contribution in [2.75, 3.05) is 0 Å². The van der Waals surface area contributed by atoms with Gasteiger partial charge in [0.2, 0.25) is 0 Å². The van der Waals surface area contributed by atoms with E-state index in [-0.39, 0.29) is 5.56 Å². The number of alkyl halides is 3. The molecular formula is C15H10F4. The van der Waals surface area contributed by atoms with Gasteiger partial charge in [-0.25, -0.2) is 4.39 Å². The minimum atomic E-state index is -4.45. The van der Waals surface area contributed by atoms with Gasteiger partial charge in [-0.3, -0.25) is 0 Å². The zero-order valence-electron chi connectivity index (χ0n) is 9.84. The largest absolute Gasteiger partial charge is 0.417 e. The minimum Gasteiger partial charge on any atom is -0.207 e. The molecule has 2 aromatic carbocycles. The molecule has 0 atom stereocenters. The molecule has 98 valence electrons. The van der Waals surface area contributed by atoms with Crippen LogP contribution in [0.2, 0.25) is 0 Å². The molecule has 0 aliphatic carbocycles. The second-order valence-corrected chi connectivity index (χ2v) is 4.01. The lowest BCUT2D eigenvalue weighted by atomic mass is 9.97. The van der Waals surface area contributed by atoms with Crippen LogP contribution in [0.1, 0.15) is 11.1 Å². The molecule has 4 heteroatoms. The minimum absolute atomic E-state index is 0.0184. The van der Waals surface area contributed by atoms with Crippen LogP contribution >= 0.6 is 0 Å². The molecule has 0 nitrogen and oxygen atoms in total. The van der Waals surface area contributed by atoms with Gasteiger partial charge < -0.3 is 0 Å². The third-order valence-corrected chi connectivity index (χ3v) is 2.74. The molecule has 0 saturated heterocycles. The Hall–Kier alpha value is -2.10. The third-order valence-electron chi connectivity index (χ3n) is 2.74. The summed E-state index contributed by atoms with van der Waals surface area (Å²) in [6.07, 6.45) is -2.99. The standard InChI is InChI=1S/C15H10F4/c1-2-10-3-8-14(15(17,18)19)13(9-10)11-4-6-12(16)7-5-11/h2-9H,1H2. The van der Waals surface area contributed by atoms with E-state index in [2.05, 4.69) is 6.58 Å². The molecule has 0 N–H and O–H groups in total. The quantitative estimate of drug-likeness (QED) is 0.659. The first-order valence-corrected chi connectivity index (χ1v) is 5.51. The van der Waals surface area contributed by atoms with Crippen LogP contribution in [0.5, 0.6) is 0 Å². The number of halogens is 4. The van der Waals surface area contributed by atoms with Crippen LogP contribution in [0.25, 0.3) is 17.2 Å². The summed E-state index contributed by atoms with van der Waals surface area (Å²) in [6.45, 7) is 3.53. The Morgan fingerprint density at radius 3 is 2.11 bits per heavy atom. The highest BCUT2D eigenvalue weighted by Gasteiger charge is 2.33. The number of hydrogen-bond donors (Lipinski definition) is 0. The molecule has 0 spiro atoms. The van der Waals surface area contributed by atoms with Crippen molar-refractivity contribution in [1.82, 2.24) is 0 Å². The lowest BCUT2D eigenvalue weighted by Crippen LogP contribution is -2.07. The summed E-state index contributed by atoms with van der Waals surface area (Å²) < 4.78 is 51.7. The van der Waals surface area contributed by atoms with E-state index in [1.54, 1.807) is 0 Å². The fraction of sp³-hybridized carbons (Fsp3) is 0.0667. The van der Waals surface area contributed by atoms with E-state index in [1.807, 2.05) is 0 Å². The Balaban J connectivity index is 2.64. The molecule has 0 bridgehead atoms. The van der Waals surface area contributed by atoms with Crippen molar-refractivity contribution >= 4 is 6.08 Å². The molecule has 0 radical (unpaired) electrons. The topological polar surface area (TPSA) is 0 Å². The fourth-order valence-electron chi connectivity index (χ4n) is 1.80. The molecule has 0 aliphatic heterocycles. The van der Waals surface area contributed by atoms with Crippen molar-refractivity contribution < 1.29 is 17.6 Å². The zero-order valence-corrected chi connectivity index (χ0v) is 9.84. The SMILES string of the molecule is C=Cc1ccc(C(F)(F)F)c(-c2ccc(F)cc2)c1. The fourth-order valence-corrected chi connectivity index (χ4v) is 1.80. The second kappa shape index (κ2) is 4.88. The molecule has 0 aliphatic rings. The summed E-state index contributed by atoms with van der Waals surface area (Å²) in [5.74, 6) is -0.489. The average Bonchev–Trinajstić information content (AvgIpc) is 2.38. The summed E-state index contributed by atoms with van der Waals surface area (Å²) in [4.78, 5) is 0. The van der Waals surface area contributed by atoms with E-state index in [1.165, 1.54) is 30.3 Å². The maximum atomic E-state index is 12.9. The highest BCUT2D eigenvalue weighted by Crippen LogP contribution is 2.37. The summed E-state index contributed by atoms with van der Waals surface area (Å²) in [7, 11) is 0. The molecule has 0 heterocycles. The summed E-state index contributed by atoms with van der Waals surface area (Å²) in [5, 5.41) is 0. The number of benzene rings is 2. The molecule has 0 fully saturated rings. The second-order valence-electron chi connectivity index (χ2n) is 4.01. The first kappa shape index (κ1) is 13.3. The Morgan fingerprint density at radius 1 is 0.947 bits per heavy atom. The van der Waals surface area contributed by atoms with Gasteiger partial charge in [0, 0.05) is 0 Å². The van der Waals surface area contributed by atoms with Gasteiger partial charge in [0.05, 0.1) is 5.56 Å². The van der Waals surface area contributed by atoms with E-state index in [0.29, 0.717) is 11.1 Å². The molecule has 0 aromatic heterocycles. The lowest BCUT2D eigenvalue weighted by Gasteiger charge is -2.14. The van der Waals surface area contributed by atoms with Gasteiger partial charge in [0.15, 0.2) is 0 Å². The average molecular weight is 266 g/mol. The zero-order chi connectivity index (χ0) is 14.0. The smallest absolute Gasteiger partial charge is 0.207 e. The van der Waals surface area contributed by atoms with Crippen LogP contribution in [0, 0.1) is 5.82 Å². The van der Waals surface area contributed by atoms with Crippen LogP contribution in [0.3, 0.4) is 0 Å². The molecule has 0 saturated carbocycles. The van der Waals surface area contributed by atoms with E-state index >= 15 is 0 Å². The van der Waals surface area contributed by atoms with Crippen molar-refractivity contribution in [3.05, 3.63) is 66.0 Å². The van der Waals surface area contributed by atoms with Crippen LogP contribution in [-0.4, -0.2) is 0 Å². The maximum Gasteiger partial charge on any atom is 0.417 e. The Labute approximate surface area is 108 Å². The van der Waals surface area contributed by atoms with Gasteiger partial charge in [-0.15, -0.1) is 0 Å². The van der Waals surface area contributed by atoms with Gasteiger partial charge in [-0.2, -0.15) is 13.2 Å². The summed E-state index contributed by atoms with van der Waals surface area (Å²) >= 11 is 0. The van der Waals surface area contributed by atoms with E-state index < -0.39 is 17.6 Å². The van der Waals surface area contributed by atoms with Gasteiger partial charge >= 0.3 is 6.18 Å². The first-order valence-electron chi connectivity index (χ1n) is 5.51. The lowest BCUT2D eigenvalue weighted by molar-refractivity contribution is -0.137. The van der Waals surface area contributed by atoms with Gasteiger partial charge in [-0.1, -0.05) is 30.9 Å². The molecule has 2 rings (SSSR count). The third kappa shape index (κ3) is 2.84. The highest BCUT2D eigenvalue weighted by molar-refractivity contribution is 5.71. The predicted octanol–water partition coefficient (Wildman–Crippen LogP) is 5.15. The molecule has 19 heavy (non-hydrogen) atoms. The van der Waals surface area contributed by atoms with Crippen molar-refractivity contribution in [2.45, 2.75) is 6.18 Å². The van der Waals surface area contributed by atoms with E-state index in [4.69, 9.17) is 0 Å². The van der Waals surface area contributed by atoms with Crippen molar-refractivity contribution in [1.29, 1.82) is 0 Å². The van der Waals surface area contributed by atoms with Crippen molar-refractivity contribution in [2.24, 2.45) is 0 Å². The van der Waals surface area contributed by atoms with Crippen molar-refractivity contribution in [3.8, 4) is 11.1 Å². The molecule has 0 amide bonds. The monoisotopic (exact) mass is 266 g/mol. The Kier molecular flexibility index (Phi) is 3.42. The van der Waals surface area contributed by atoms with Gasteiger partial charge in [-0.05, 0) is 41.0 Å². The van der Waals surface area contributed by atoms with Crippen LogP contribution in [0.4, 0.5) is 17.6 Å². The van der Waals surface area contributed by atoms with Crippen molar-refractivity contribution in [3.63, 3.8) is 0 Å². The van der Waals surface area contributed by atoms with Crippen LogP contribution < -0.4 is 0 Å². The molecule has 0 unspecified atom stereocenters. The van der Waals surface area contributed by atoms with Gasteiger partial charge in [0.25, 0.3) is 0 Å². The predicted molar refractivity (Wildman–Crippen MR) is 66.9 cm³/mol. The maximum absolute atomic E-state index is 12.9. The van der Waals surface area contributed by atoms with Crippen LogP contribution in [-0.2, 0) is 6.18 Å². The Bertz CT molecular complexity index is 595. The molecular weight excluding hydrogens is 256 g/mol. The first-order chi connectivity index (χ1) is 8.91. The Morgan fingerprint density at radius 2 is 1.58 bits per heavy atom. The summed E-state index contributed by atoms with van der Waals surface area (Å²) in [6, 6.07) is 8.67. The van der Waals surface area contributed by atoms with E-state index in [9.17, 15) is 17.6 Å². The normalized spacial score (nSPS) is 11.4. The van der Waals surface area contributed by atoms with Gasteiger partial charge in [0.1, 0.15) is 5.82 Å². The number of hydrogen-bond acceptors (Lipinski definition) is 0. The highest BCUT2D eigenvalue weighted by atomic mass is 19.4. The molecule has 2 aromatic rings. The number of rotatable bonds is 2.